The number of nitrogens with two attached hydrogens (primary N) is 1. The van der Waals surface area contributed by atoms with Crippen molar-refractivity contribution >= 4 is 106 Å². The van der Waals surface area contributed by atoms with Gasteiger partial charge in [-0.05, 0) is 124 Å². The number of terminal acetylenes is 2. The standard InChI is InChI=1S/C22H28N4O.C12H19N3.C10H12N2O.C2H5I.C2H6.CH3.3HI.V/c1-4-18-5-6-19(16-23)26(18)21(27)7-9-22(3)10-13-25(14-11-22)20-15-17(2)8-12-24-20;1-10-3-6-14-11(9-10)15-7-4-12(2,13)5-8-15;1-3-8-5-6-9(7-11)12(8)10(13)4-2;1-2-3;1-2;;;;;/h1,8,12,15,18-19H,5-7,9-11,13-14H2,2-3H3;3,6,9H,4-5,7-8,13H2,1-2H3;1,8-9H,4-6H2,2H3;2H2,1H3;1-2H3;1H3;3*1H;/q;;;;;-1;;;;+3/p-3/t18-,19-;;8-,9-;;;;;;;/m0.0......./s1. The average Bonchev–Trinajstić information content (AvgIpc) is 3.91. The van der Waals surface area contributed by atoms with Crippen LogP contribution < -0.4 is 15.5 Å². The molecule has 16 heteroatoms. The van der Waals surface area contributed by atoms with Crippen LogP contribution in [0.4, 0.5) is 11.6 Å². The van der Waals surface area contributed by atoms with Crippen molar-refractivity contribution in [1.29, 1.82) is 10.5 Å². The zero-order chi connectivity index (χ0) is 48.5. The first kappa shape index (κ1) is 63.4. The molecular weight excluding hydrogens is 1310 g/mol. The van der Waals surface area contributed by atoms with Crippen molar-refractivity contribution < 1.29 is 14.5 Å². The zero-order valence-corrected chi connectivity index (χ0v) is 50.2. The summed E-state index contributed by atoms with van der Waals surface area (Å²) in [5.74, 6) is 7.36. The van der Waals surface area contributed by atoms with E-state index in [4.69, 9.17) is 23.8 Å². The predicted molar refractivity (Wildman–Crippen MR) is 302 cm³/mol. The van der Waals surface area contributed by atoms with Crippen molar-refractivity contribution in [3.8, 4) is 36.8 Å². The topological polar surface area (TPSA) is 146 Å². The Kier molecular flexibility index (Phi) is 33.0. The maximum absolute atomic E-state index is 12.8. The van der Waals surface area contributed by atoms with E-state index in [9.17, 15) is 14.9 Å². The Labute approximate surface area is 445 Å². The first-order valence-corrected chi connectivity index (χ1v) is 37.3. The van der Waals surface area contributed by atoms with E-state index in [-0.39, 0.29) is 59.3 Å². The Morgan fingerprint density at radius 1 is 0.769 bits per heavy atom. The van der Waals surface area contributed by atoms with E-state index in [0.717, 1.165) is 82.8 Å². The summed E-state index contributed by atoms with van der Waals surface area (Å²) in [6.45, 7) is 20.4. The van der Waals surface area contributed by atoms with Gasteiger partial charge in [-0.2, -0.15) is 10.5 Å². The Hall–Kier alpha value is -1.60. The number of carbonyl (C=O) groups is 2. The molecule has 11 nitrogen and oxygen atoms in total. The molecule has 65 heavy (non-hydrogen) atoms. The van der Waals surface area contributed by atoms with Gasteiger partial charge in [0.2, 0.25) is 11.8 Å². The minimum atomic E-state index is -0.361. The van der Waals surface area contributed by atoms with Gasteiger partial charge in [0.1, 0.15) is 23.7 Å². The van der Waals surface area contributed by atoms with E-state index in [1.54, 1.807) is 16.7 Å². The first-order chi connectivity index (χ1) is 30.4. The second-order valence-electron chi connectivity index (χ2n) is 16.5. The maximum atomic E-state index is 12.8. The first-order valence-electron chi connectivity index (χ1n) is 22.2. The van der Waals surface area contributed by atoms with Gasteiger partial charge >= 0.3 is 64.9 Å². The van der Waals surface area contributed by atoms with Crippen LogP contribution in [0.5, 0.6) is 0 Å². The number of carbonyl (C=O) groups excluding carboxylic acids is 2. The molecule has 0 aliphatic carbocycles. The molecule has 4 fully saturated rings. The predicted octanol–water partition coefficient (Wildman–Crippen LogP) is 11.5. The minimum absolute atomic E-state index is 0. The Morgan fingerprint density at radius 2 is 1.12 bits per heavy atom. The SMILES string of the molecule is C#C[C@H]1CC[C@@H](C#N)N1C(=O)CC.C#C[C@H]1CC[C@@H](C#N)N1C(=O)CCC1(C)CCN(c2cc(C)ccn2)CC1.CC.CCI.Cc1ccnc(N2CCC(C)(N)CC2)c1.[CH3-].[I][V]([I])[I]. The van der Waals surface area contributed by atoms with Crippen LogP contribution in [0.15, 0.2) is 36.7 Å². The van der Waals surface area contributed by atoms with Crippen LogP contribution in [0.1, 0.15) is 123 Å². The summed E-state index contributed by atoms with van der Waals surface area (Å²) >= 11 is 9.68. The number of likely N-dealkylation sites (tertiary alicyclic amines) is 2. The van der Waals surface area contributed by atoms with E-state index in [2.05, 4.69) is 173 Å². The summed E-state index contributed by atoms with van der Waals surface area (Å²) in [7, 11) is 0. The number of pyridine rings is 2. The number of halogens is 4. The van der Waals surface area contributed by atoms with Gasteiger partial charge in [0.05, 0.1) is 24.2 Å². The van der Waals surface area contributed by atoms with E-state index in [1.807, 2.05) is 38.4 Å². The van der Waals surface area contributed by atoms with Crippen LogP contribution in [0.2, 0.25) is 0 Å². The van der Waals surface area contributed by atoms with Gasteiger partial charge in [-0.15, -0.1) is 12.8 Å². The van der Waals surface area contributed by atoms with Crippen molar-refractivity contribution in [2.24, 2.45) is 11.1 Å². The van der Waals surface area contributed by atoms with Gasteiger partial charge in [0.25, 0.3) is 0 Å². The Balaban J connectivity index is 0.000000916. The molecule has 2 aromatic rings. The van der Waals surface area contributed by atoms with Crippen LogP contribution in [0, 0.1) is 74.0 Å². The molecule has 2 N–H and O–H groups in total. The fraction of sp³-hybridized carbons (Fsp3) is 0.612. The number of hydrogen-bond donors (Lipinski definition) is 1. The van der Waals surface area contributed by atoms with Gasteiger partial charge < -0.3 is 32.8 Å². The fourth-order valence-electron chi connectivity index (χ4n) is 7.78. The number of aryl methyl sites for hydroxylation is 2. The van der Waals surface area contributed by atoms with Crippen LogP contribution in [-0.4, -0.2) is 91.9 Å². The summed E-state index contributed by atoms with van der Waals surface area (Å²) in [6.07, 6.45) is 23.3. The molecule has 0 bridgehead atoms. The van der Waals surface area contributed by atoms with Gasteiger partial charge in [0, 0.05) is 57.0 Å². The number of amides is 2. The van der Waals surface area contributed by atoms with Gasteiger partial charge in [-0.25, -0.2) is 9.97 Å². The molecule has 0 unspecified atom stereocenters. The second kappa shape index (κ2) is 33.8. The molecular formula is C49H73I4N9O2V-. The number of piperidine rings is 2. The number of nitriles is 2. The molecule has 4 saturated heterocycles. The second-order valence-corrected chi connectivity index (χ2v) is 53.4. The number of anilines is 2. The fourth-order valence-corrected chi connectivity index (χ4v) is 7.78. The summed E-state index contributed by atoms with van der Waals surface area (Å²) in [6, 6.07) is 11.6. The van der Waals surface area contributed by atoms with Crippen LogP contribution >= 0.6 is 82.5 Å². The summed E-state index contributed by atoms with van der Waals surface area (Å²) in [5.41, 5.74) is 8.74. The molecule has 0 aromatic carbocycles. The molecule has 2 amide bonds. The van der Waals surface area contributed by atoms with Crippen LogP contribution in [-0.2, 0) is 14.5 Å². The number of hydrogen-bond acceptors (Lipinski definition) is 9. The summed E-state index contributed by atoms with van der Waals surface area (Å²) in [5, 5.41) is 18.1. The molecule has 360 valence electrons. The molecule has 2 aromatic heterocycles. The molecule has 6 rings (SSSR count). The van der Waals surface area contributed by atoms with Gasteiger partial charge in [0.15, 0.2) is 0 Å². The molecule has 6 heterocycles. The van der Waals surface area contributed by atoms with Crippen molar-refractivity contribution in [2.45, 2.75) is 156 Å². The van der Waals surface area contributed by atoms with Crippen molar-refractivity contribution in [3.05, 3.63) is 55.2 Å². The molecule has 4 aliphatic heterocycles. The monoisotopic (exact) mass is 1380 g/mol. The van der Waals surface area contributed by atoms with Crippen LogP contribution in [0.25, 0.3) is 0 Å². The quantitative estimate of drug-likeness (QED) is 0.129. The summed E-state index contributed by atoms with van der Waals surface area (Å²) < 4.78 is 1.22. The molecule has 0 spiro atoms. The summed E-state index contributed by atoms with van der Waals surface area (Å²) in [4.78, 5) is 40.6. The number of aromatic nitrogens is 2. The third-order valence-electron chi connectivity index (χ3n) is 11.6. The van der Waals surface area contributed by atoms with Gasteiger partial charge in [-0.3, -0.25) is 9.59 Å². The van der Waals surface area contributed by atoms with Crippen molar-refractivity contribution in [2.75, 3.05) is 40.4 Å². The molecule has 0 radical (unpaired) electrons. The van der Waals surface area contributed by atoms with Gasteiger partial charge in [-0.1, -0.05) is 69.1 Å². The van der Waals surface area contributed by atoms with Crippen molar-refractivity contribution in [3.63, 3.8) is 0 Å². The Morgan fingerprint density at radius 3 is 1.46 bits per heavy atom. The molecule has 4 aliphatic rings. The van der Waals surface area contributed by atoms with E-state index in [0.29, 0.717) is 25.7 Å². The Bertz CT molecular complexity index is 1830. The number of alkyl halides is 1. The number of nitrogens with zero attached hydrogens (tertiary/aromatic N) is 8. The average molecular weight is 1380 g/mol. The third-order valence-corrected chi connectivity index (χ3v) is 11.6. The normalized spacial score (nSPS) is 21.0. The molecule has 0 saturated carbocycles. The van der Waals surface area contributed by atoms with E-state index >= 15 is 0 Å². The van der Waals surface area contributed by atoms with Crippen LogP contribution in [0.3, 0.4) is 0 Å². The zero-order valence-electron chi connectivity index (χ0n) is 40.2. The van der Waals surface area contributed by atoms with Crippen molar-refractivity contribution in [1.82, 2.24) is 19.8 Å². The number of rotatable bonds is 6. The van der Waals surface area contributed by atoms with E-state index in [1.165, 1.54) is 15.6 Å². The molecule has 4 atom stereocenters. The third kappa shape index (κ3) is 22.6. The van der Waals surface area contributed by atoms with E-state index < -0.39 is 0 Å².